The lowest BCUT2D eigenvalue weighted by molar-refractivity contribution is -0.275. The summed E-state index contributed by atoms with van der Waals surface area (Å²) in [5, 5.41) is 8.66. The van der Waals surface area contributed by atoms with Gasteiger partial charge in [-0.05, 0) is 0 Å². The first-order chi connectivity index (χ1) is 8.67. The number of alkyl halides is 5. The molecule has 1 heterocycles. The summed E-state index contributed by atoms with van der Waals surface area (Å²) in [6.07, 6.45) is -8.09. The Morgan fingerprint density at radius 1 is 1.47 bits per heavy atom. The SMILES string of the molecule is NCc1c(OC(F)(F)F)cnc(C(=O)O)c1C(F)F. The number of carboxylic acid groups (broad SMARTS) is 1. The van der Waals surface area contributed by atoms with E-state index >= 15 is 0 Å². The van der Waals surface area contributed by atoms with Crippen LogP contribution < -0.4 is 10.5 Å². The lowest BCUT2D eigenvalue weighted by Crippen LogP contribution is -2.21. The molecule has 0 saturated carbocycles. The van der Waals surface area contributed by atoms with Gasteiger partial charge in [0.2, 0.25) is 0 Å². The summed E-state index contributed by atoms with van der Waals surface area (Å²) in [5.41, 5.74) is 2.08. The molecule has 0 spiro atoms. The van der Waals surface area contributed by atoms with E-state index in [0.29, 0.717) is 6.20 Å². The number of aromatic nitrogens is 1. The van der Waals surface area contributed by atoms with Gasteiger partial charge < -0.3 is 15.6 Å². The van der Waals surface area contributed by atoms with Gasteiger partial charge in [-0.2, -0.15) is 0 Å². The smallest absolute Gasteiger partial charge is 0.476 e. The van der Waals surface area contributed by atoms with E-state index in [0.717, 1.165) is 0 Å². The van der Waals surface area contributed by atoms with E-state index < -0.39 is 47.9 Å². The van der Waals surface area contributed by atoms with Crippen molar-refractivity contribution in [1.82, 2.24) is 4.98 Å². The second kappa shape index (κ2) is 5.34. The Bertz CT molecular complexity index is 489. The van der Waals surface area contributed by atoms with Gasteiger partial charge in [0, 0.05) is 12.1 Å². The van der Waals surface area contributed by atoms with Crippen LogP contribution in [0.3, 0.4) is 0 Å². The van der Waals surface area contributed by atoms with Crippen LogP contribution in [0.1, 0.15) is 28.0 Å². The Kier molecular flexibility index (Phi) is 4.24. The molecule has 0 aliphatic rings. The van der Waals surface area contributed by atoms with Crippen molar-refractivity contribution in [3.8, 4) is 5.75 Å². The average molecular weight is 286 g/mol. The number of halogens is 5. The molecule has 0 fully saturated rings. The summed E-state index contributed by atoms with van der Waals surface area (Å²) >= 11 is 0. The quantitative estimate of drug-likeness (QED) is 0.828. The van der Waals surface area contributed by atoms with E-state index in [1.165, 1.54) is 0 Å². The van der Waals surface area contributed by atoms with E-state index in [-0.39, 0.29) is 0 Å². The molecule has 5 nitrogen and oxygen atoms in total. The summed E-state index contributed by atoms with van der Waals surface area (Å²) in [6, 6.07) is 0. The molecule has 0 aliphatic heterocycles. The topological polar surface area (TPSA) is 85.4 Å². The Morgan fingerprint density at radius 3 is 2.42 bits per heavy atom. The first kappa shape index (κ1) is 15.1. The van der Waals surface area contributed by atoms with Gasteiger partial charge in [-0.15, -0.1) is 13.2 Å². The van der Waals surface area contributed by atoms with Crippen LogP contribution in [0.2, 0.25) is 0 Å². The third-order valence-electron chi connectivity index (χ3n) is 2.04. The zero-order valence-corrected chi connectivity index (χ0v) is 9.04. The predicted octanol–water partition coefficient (Wildman–Crippen LogP) is 2.07. The molecule has 0 radical (unpaired) electrons. The van der Waals surface area contributed by atoms with Crippen LogP contribution in [-0.4, -0.2) is 22.4 Å². The van der Waals surface area contributed by atoms with Crippen molar-refractivity contribution in [1.29, 1.82) is 0 Å². The standard InChI is InChI=1S/C9H7F5N2O3/c10-7(11)5-3(1-15)4(19-9(12,13)14)2-16-6(5)8(17)18/h2,7H,1,15H2,(H,17,18). The molecule has 1 rings (SSSR count). The lowest BCUT2D eigenvalue weighted by Gasteiger charge is -2.16. The molecule has 0 atom stereocenters. The van der Waals surface area contributed by atoms with Crippen molar-refractivity contribution in [3.63, 3.8) is 0 Å². The minimum absolute atomic E-state index is 0.394. The van der Waals surface area contributed by atoms with Gasteiger partial charge in [-0.25, -0.2) is 18.6 Å². The Hall–Kier alpha value is -1.97. The number of ether oxygens (including phenoxy) is 1. The van der Waals surface area contributed by atoms with Gasteiger partial charge in [0.05, 0.1) is 11.8 Å². The summed E-state index contributed by atoms with van der Waals surface area (Å²) < 4.78 is 65.2. The van der Waals surface area contributed by atoms with Gasteiger partial charge in [0.1, 0.15) is 0 Å². The fraction of sp³-hybridized carbons (Fsp3) is 0.333. The molecule has 1 aromatic heterocycles. The molecule has 10 heteroatoms. The summed E-state index contributed by atoms with van der Waals surface area (Å²) in [5.74, 6) is -2.85. The van der Waals surface area contributed by atoms with Crippen LogP contribution in [0.4, 0.5) is 22.0 Å². The number of rotatable bonds is 4. The van der Waals surface area contributed by atoms with Gasteiger partial charge in [0.25, 0.3) is 6.43 Å². The van der Waals surface area contributed by atoms with Crippen molar-refractivity contribution in [2.24, 2.45) is 5.73 Å². The number of hydrogen-bond donors (Lipinski definition) is 2. The van der Waals surface area contributed by atoms with Crippen LogP contribution in [0.25, 0.3) is 0 Å². The summed E-state index contributed by atoms with van der Waals surface area (Å²) in [7, 11) is 0. The molecule has 3 N–H and O–H groups in total. The highest BCUT2D eigenvalue weighted by molar-refractivity contribution is 5.88. The molecule has 0 aliphatic carbocycles. The number of carboxylic acids is 1. The Balaban J connectivity index is 3.45. The Labute approximate surface area is 102 Å². The molecular formula is C9H7F5N2O3. The molecule has 19 heavy (non-hydrogen) atoms. The van der Waals surface area contributed by atoms with Gasteiger partial charge >= 0.3 is 12.3 Å². The van der Waals surface area contributed by atoms with E-state index in [1.807, 2.05) is 0 Å². The molecule has 1 aromatic rings. The maximum absolute atomic E-state index is 12.8. The Morgan fingerprint density at radius 2 is 2.05 bits per heavy atom. The minimum Gasteiger partial charge on any atom is -0.476 e. The van der Waals surface area contributed by atoms with Crippen LogP contribution >= 0.6 is 0 Å². The van der Waals surface area contributed by atoms with Crippen molar-refractivity contribution >= 4 is 5.97 Å². The van der Waals surface area contributed by atoms with Crippen molar-refractivity contribution in [2.75, 3.05) is 0 Å². The number of hydrogen-bond acceptors (Lipinski definition) is 4. The first-order valence-electron chi connectivity index (χ1n) is 4.66. The zero-order chi connectivity index (χ0) is 14.8. The highest BCUT2D eigenvalue weighted by Crippen LogP contribution is 2.34. The average Bonchev–Trinajstić information content (AvgIpc) is 2.25. The molecule has 0 bridgehead atoms. The molecule has 0 unspecified atom stereocenters. The fourth-order valence-corrected chi connectivity index (χ4v) is 1.37. The summed E-state index contributed by atoms with van der Waals surface area (Å²) in [6.45, 7) is -0.756. The fourth-order valence-electron chi connectivity index (χ4n) is 1.37. The van der Waals surface area contributed by atoms with Gasteiger partial charge in [-0.1, -0.05) is 0 Å². The van der Waals surface area contributed by atoms with Crippen LogP contribution in [0.5, 0.6) is 5.75 Å². The van der Waals surface area contributed by atoms with Gasteiger partial charge in [0.15, 0.2) is 11.4 Å². The number of nitrogens with two attached hydrogens (primary N) is 1. The van der Waals surface area contributed by atoms with E-state index in [4.69, 9.17) is 10.8 Å². The monoisotopic (exact) mass is 286 g/mol. The molecule has 106 valence electrons. The van der Waals surface area contributed by atoms with Crippen molar-refractivity contribution in [3.05, 3.63) is 23.0 Å². The van der Waals surface area contributed by atoms with Gasteiger partial charge in [-0.3, -0.25) is 0 Å². The van der Waals surface area contributed by atoms with Crippen molar-refractivity contribution in [2.45, 2.75) is 19.3 Å². The maximum Gasteiger partial charge on any atom is 0.573 e. The van der Waals surface area contributed by atoms with Crippen molar-refractivity contribution < 1.29 is 36.6 Å². The third kappa shape index (κ3) is 3.50. The number of pyridine rings is 1. The molecule has 0 saturated heterocycles. The van der Waals surface area contributed by atoms with E-state index in [2.05, 4.69) is 9.72 Å². The normalized spacial score (nSPS) is 11.7. The highest BCUT2D eigenvalue weighted by Gasteiger charge is 2.34. The minimum atomic E-state index is -5.13. The van der Waals surface area contributed by atoms with Crippen LogP contribution in [0, 0.1) is 0 Å². The van der Waals surface area contributed by atoms with E-state index in [9.17, 15) is 26.7 Å². The van der Waals surface area contributed by atoms with Crippen LogP contribution in [-0.2, 0) is 6.54 Å². The predicted molar refractivity (Wildman–Crippen MR) is 50.7 cm³/mol. The van der Waals surface area contributed by atoms with E-state index in [1.54, 1.807) is 0 Å². The highest BCUT2D eigenvalue weighted by atomic mass is 19.4. The molecule has 0 aromatic carbocycles. The first-order valence-corrected chi connectivity index (χ1v) is 4.66. The largest absolute Gasteiger partial charge is 0.573 e. The summed E-state index contributed by atoms with van der Waals surface area (Å²) in [4.78, 5) is 13.7. The lowest BCUT2D eigenvalue weighted by atomic mass is 10.1. The zero-order valence-electron chi connectivity index (χ0n) is 9.04. The maximum atomic E-state index is 12.8. The molecule has 0 amide bonds. The second-order valence-electron chi connectivity index (χ2n) is 3.22. The molecular weight excluding hydrogens is 279 g/mol. The number of aromatic carboxylic acids is 1. The van der Waals surface area contributed by atoms with Crippen LogP contribution in [0.15, 0.2) is 6.20 Å². The second-order valence-corrected chi connectivity index (χ2v) is 3.22. The third-order valence-corrected chi connectivity index (χ3v) is 2.04. The number of nitrogens with zero attached hydrogens (tertiary/aromatic N) is 1. The number of carbonyl (C=O) groups is 1.